The number of hydrogen-bond donors (Lipinski definition) is 1. The summed E-state index contributed by atoms with van der Waals surface area (Å²) in [6.45, 7) is 4.83. The number of ether oxygens (including phenoxy) is 2. The highest BCUT2D eigenvalue weighted by Gasteiger charge is 2.24. The lowest BCUT2D eigenvalue weighted by Gasteiger charge is -2.34. The molecule has 1 fully saturated rings. The third-order valence-corrected chi connectivity index (χ3v) is 3.40. The summed E-state index contributed by atoms with van der Waals surface area (Å²) in [5.74, 6) is 0.470. The molecule has 1 saturated heterocycles. The van der Waals surface area contributed by atoms with Gasteiger partial charge in [0.25, 0.3) is 0 Å². The molecule has 19 heavy (non-hydrogen) atoms. The fourth-order valence-electron chi connectivity index (χ4n) is 2.30. The van der Waals surface area contributed by atoms with Gasteiger partial charge in [0.1, 0.15) is 11.6 Å². The molecule has 1 aromatic rings. The van der Waals surface area contributed by atoms with Gasteiger partial charge in [0.15, 0.2) is 0 Å². The minimum absolute atomic E-state index is 0.00259. The van der Waals surface area contributed by atoms with E-state index in [4.69, 9.17) is 15.2 Å². The van der Waals surface area contributed by atoms with Crippen LogP contribution >= 0.6 is 0 Å². The van der Waals surface area contributed by atoms with Gasteiger partial charge >= 0.3 is 0 Å². The lowest BCUT2D eigenvalue weighted by molar-refractivity contribution is -0.0405. The Kier molecular flexibility index (Phi) is 4.74. The number of methoxy groups -OCH3 is 1. The van der Waals surface area contributed by atoms with E-state index in [2.05, 4.69) is 4.90 Å². The van der Waals surface area contributed by atoms with Crippen LogP contribution in [0.3, 0.4) is 0 Å². The zero-order valence-corrected chi connectivity index (χ0v) is 11.4. The van der Waals surface area contributed by atoms with E-state index in [0.29, 0.717) is 18.9 Å². The lowest BCUT2D eigenvalue weighted by Crippen LogP contribution is -2.49. The van der Waals surface area contributed by atoms with E-state index in [0.717, 1.165) is 18.7 Å². The summed E-state index contributed by atoms with van der Waals surface area (Å²) >= 11 is 0. The topological polar surface area (TPSA) is 47.7 Å². The number of halogens is 1. The molecule has 0 aliphatic carbocycles. The normalized spacial score (nSPS) is 22.2. The molecule has 1 aliphatic rings. The average molecular weight is 268 g/mol. The molecule has 5 heteroatoms. The van der Waals surface area contributed by atoms with Crippen LogP contribution in [0, 0.1) is 5.82 Å². The summed E-state index contributed by atoms with van der Waals surface area (Å²) in [6.07, 6.45) is 0.0355. The summed E-state index contributed by atoms with van der Waals surface area (Å²) < 4.78 is 24.2. The predicted molar refractivity (Wildman–Crippen MR) is 71.6 cm³/mol. The maximum Gasteiger partial charge on any atom is 0.123 e. The monoisotopic (exact) mass is 268 g/mol. The van der Waals surface area contributed by atoms with Crippen molar-refractivity contribution in [3.63, 3.8) is 0 Å². The van der Waals surface area contributed by atoms with Crippen molar-refractivity contribution in [1.82, 2.24) is 4.90 Å². The summed E-state index contributed by atoms with van der Waals surface area (Å²) in [7, 11) is 1.60. The Bertz CT molecular complexity index is 426. The molecule has 1 aromatic carbocycles. The van der Waals surface area contributed by atoms with E-state index in [9.17, 15) is 4.39 Å². The highest BCUT2D eigenvalue weighted by atomic mass is 19.1. The van der Waals surface area contributed by atoms with Crippen molar-refractivity contribution in [3.8, 4) is 5.75 Å². The number of rotatable bonds is 4. The van der Waals surface area contributed by atoms with Crippen LogP contribution in [0.1, 0.15) is 12.5 Å². The van der Waals surface area contributed by atoms with Crippen LogP contribution in [0.2, 0.25) is 0 Å². The van der Waals surface area contributed by atoms with E-state index in [1.807, 2.05) is 6.92 Å². The van der Waals surface area contributed by atoms with Crippen LogP contribution in [-0.4, -0.2) is 43.9 Å². The molecule has 0 amide bonds. The van der Waals surface area contributed by atoms with Crippen LogP contribution in [0.15, 0.2) is 18.2 Å². The second-order valence-corrected chi connectivity index (χ2v) is 4.96. The molecule has 2 atom stereocenters. The predicted octanol–water partition coefficient (Wildman–Crippen LogP) is 1.38. The molecule has 2 rings (SSSR count). The van der Waals surface area contributed by atoms with E-state index < -0.39 is 0 Å². The number of morpholine rings is 1. The van der Waals surface area contributed by atoms with Crippen molar-refractivity contribution in [3.05, 3.63) is 29.6 Å². The zero-order chi connectivity index (χ0) is 13.8. The maximum atomic E-state index is 13.3. The third kappa shape index (κ3) is 3.65. The first-order valence-electron chi connectivity index (χ1n) is 6.52. The smallest absolute Gasteiger partial charge is 0.123 e. The molecule has 1 aliphatic heterocycles. The van der Waals surface area contributed by atoms with Gasteiger partial charge < -0.3 is 15.2 Å². The van der Waals surface area contributed by atoms with Crippen molar-refractivity contribution < 1.29 is 13.9 Å². The second-order valence-electron chi connectivity index (χ2n) is 4.96. The Morgan fingerprint density at radius 3 is 3.05 bits per heavy atom. The second kappa shape index (κ2) is 6.32. The van der Waals surface area contributed by atoms with Gasteiger partial charge in [0.2, 0.25) is 0 Å². The molecular formula is C14H21FN2O2. The fraction of sp³-hybridized carbons (Fsp3) is 0.571. The maximum absolute atomic E-state index is 13.3. The summed E-state index contributed by atoms with van der Waals surface area (Å²) in [4.78, 5) is 2.22. The van der Waals surface area contributed by atoms with Crippen LogP contribution in [0.5, 0.6) is 5.75 Å². The molecule has 2 unspecified atom stereocenters. The number of benzene rings is 1. The zero-order valence-electron chi connectivity index (χ0n) is 11.4. The van der Waals surface area contributed by atoms with E-state index >= 15 is 0 Å². The highest BCUT2D eigenvalue weighted by Crippen LogP contribution is 2.22. The van der Waals surface area contributed by atoms with Crippen molar-refractivity contribution in [2.75, 3.05) is 26.8 Å². The minimum Gasteiger partial charge on any atom is -0.496 e. The first-order valence-corrected chi connectivity index (χ1v) is 6.52. The molecule has 2 N–H and O–H groups in total. The lowest BCUT2D eigenvalue weighted by atomic mass is 10.1. The summed E-state index contributed by atoms with van der Waals surface area (Å²) in [6, 6.07) is 4.59. The van der Waals surface area contributed by atoms with Gasteiger partial charge in [0.05, 0.1) is 19.8 Å². The first kappa shape index (κ1) is 14.2. The molecular weight excluding hydrogens is 247 g/mol. The molecule has 0 saturated carbocycles. The molecule has 106 valence electrons. The summed E-state index contributed by atoms with van der Waals surface area (Å²) in [5.41, 5.74) is 6.72. The number of nitrogens with two attached hydrogens (primary N) is 1. The van der Waals surface area contributed by atoms with Crippen LogP contribution in [-0.2, 0) is 11.3 Å². The number of nitrogens with zero attached hydrogens (tertiary/aromatic N) is 1. The van der Waals surface area contributed by atoms with Gasteiger partial charge in [-0.2, -0.15) is 0 Å². The standard InChI is InChI=1S/C14H21FN2O2/c1-10(16)14-9-17(5-6-19-14)8-11-7-12(15)3-4-13(11)18-2/h3-4,7,10,14H,5-6,8-9,16H2,1-2H3. The molecule has 1 heterocycles. The SMILES string of the molecule is COc1ccc(F)cc1CN1CCOC(C(C)N)C1. The van der Waals surface area contributed by atoms with Crippen molar-refractivity contribution in [2.45, 2.75) is 25.6 Å². The Morgan fingerprint density at radius 2 is 2.37 bits per heavy atom. The van der Waals surface area contributed by atoms with Crippen molar-refractivity contribution in [1.29, 1.82) is 0 Å². The highest BCUT2D eigenvalue weighted by molar-refractivity contribution is 5.33. The van der Waals surface area contributed by atoms with Gasteiger partial charge in [-0.15, -0.1) is 0 Å². The van der Waals surface area contributed by atoms with E-state index in [1.165, 1.54) is 12.1 Å². The molecule has 4 nitrogen and oxygen atoms in total. The molecule has 0 spiro atoms. The van der Waals surface area contributed by atoms with Crippen LogP contribution < -0.4 is 10.5 Å². The van der Waals surface area contributed by atoms with Gasteiger partial charge in [-0.1, -0.05) is 0 Å². The van der Waals surface area contributed by atoms with Gasteiger partial charge in [-0.05, 0) is 25.1 Å². The van der Waals surface area contributed by atoms with Crippen molar-refractivity contribution in [2.24, 2.45) is 5.73 Å². The van der Waals surface area contributed by atoms with Crippen LogP contribution in [0.4, 0.5) is 4.39 Å². The Balaban J connectivity index is 2.06. The minimum atomic E-state index is -0.243. The summed E-state index contributed by atoms with van der Waals surface area (Å²) in [5, 5.41) is 0. The van der Waals surface area contributed by atoms with Gasteiger partial charge in [0, 0.05) is 31.2 Å². The quantitative estimate of drug-likeness (QED) is 0.896. The Morgan fingerprint density at radius 1 is 1.58 bits per heavy atom. The van der Waals surface area contributed by atoms with E-state index in [1.54, 1.807) is 13.2 Å². The third-order valence-electron chi connectivity index (χ3n) is 3.40. The molecule has 0 radical (unpaired) electrons. The first-order chi connectivity index (χ1) is 9.10. The van der Waals surface area contributed by atoms with Crippen LogP contribution in [0.25, 0.3) is 0 Å². The average Bonchev–Trinajstić information content (AvgIpc) is 2.39. The van der Waals surface area contributed by atoms with Crippen molar-refractivity contribution >= 4 is 0 Å². The van der Waals surface area contributed by atoms with Gasteiger partial charge in [-0.25, -0.2) is 4.39 Å². The Hall–Kier alpha value is -1.17. The van der Waals surface area contributed by atoms with E-state index in [-0.39, 0.29) is 18.0 Å². The molecule has 0 aromatic heterocycles. The Labute approximate surface area is 113 Å². The van der Waals surface area contributed by atoms with Gasteiger partial charge in [-0.3, -0.25) is 4.90 Å². The largest absolute Gasteiger partial charge is 0.496 e. The fourth-order valence-corrected chi connectivity index (χ4v) is 2.30. The number of hydrogen-bond acceptors (Lipinski definition) is 4. The molecule has 0 bridgehead atoms.